The van der Waals surface area contributed by atoms with E-state index in [0.717, 1.165) is 28.8 Å². The highest BCUT2D eigenvalue weighted by Crippen LogP contribution is 2.30. The van der Waals surface area contributed by atoms with E-state index >= 15 is 0 Å². The first-order valence-electron chi connectivity index (χ1n) is 6.98. The molecule has 0 amide bonds. The molecule has 0 atom stereocenters. The van der Waals surface area contributed by atoms with Gasteiger partial charge in [0.2, 0.25) is 0 Å². The summed E-state index contributed by atoms with van der Waals surface area (Å²) in [6, 6.07) is 6.66. The Balaban J connectivity index is 2.58. The van der Waals surface area contributed by atoms with E-state index in [1.165, 1.54) is 6.07 Å². The minimum Gasteiger partial charge on any atom is -0.396 e. The van der Waals surface area contributed by atoms with Crippen molar-refractivity contribution in [3.8, 4) is 0 Å². The van der Waals surface area contributed by atoms with Crippen LogP contribution >= 0.6 is 0 Å². The molecule has 0 aliphatic rings. The number of aromatic nitrogens is 1. The number of hydrogen-bond acceptors (Lipinski definition) is 5. The molecule has 21 heavy (non-hydrogen) atoms. The number of benzene rings is 1. The molecule has 0 fully saturated rings. The summed E-state index contributed by atoms with van der Waals surface area (Å²) in [6.45, 7) is 5.52. The maximum atomic E-state index is 11.0. The van der Waals surface area contributed by atoms with Crippen LogP contribution in [0.15, 0.2) is 24.3 Å². The Morgan fingerprint density at radius 2 is 2.14 bits per heavy atom. The van der Waals surface area contributed by atoms with E-state index in [-0.39, 0.29) is 12.3 Å². The number of aryl methyl sites for hydroxylation is 1. The van der Waals surface area contributed by atoms with Gasteiger partial charge in [-0.2, -0.15) is 0 Å². The molecule has 0 unspecified atom stereocenters. The van der Waals surface area contributed by atoms with Gasteiger partial charge in [-0.15, -0.1) is 0 Å². The van der Waals surface area contributed by atoms with Crippen LogP contribution in [0.25, 0.3) is 10.9 Å². The van der Waals surface area contributed by atoms with Gasteiger partial charge in [0.1, 0.15) is 0 Å². The van der Waals surface area contributed by atoms with Crippen LogP contribution in [0.5, 0.6) is 0 Å². The van der Waals surface area contributed by atoms with E-state index in [1.54, 1.807) is 12.1 Å². The summed E-state index contributed by atoms with van der Waals surface area (Å²) in [4.78, 5) is 17.1. The first kappa shape index (κ1) is 15.2. The Bertz CT molecular complexity index is 658. The summed E-state index contributed by atoms with van der Waals surface area (Å²) in [6.07, 6.45) is 0.658. The number of aliphatic hydroxyl groups is 1. The van der Waals surface area contributed by atoms with Crippen molar-refractivity contribution in [1.29, 1.82) is 0 Å². The first-order chi connectivity index (χ1) is 10.1. The molecule has 0 bridgehead atoms. The molecule has 0 aliphatic carbocycles. The van der Waals surface area contributed by atoms with Gasteiger partial charge in [0, 0.05) is 48.6 Å². The summed E-state index contributed by atoms with van der Waals surface area (Å²) in [5.74, 6) is 0. The number of nitro groups is 1. The fourth-order valence-corrected chi connectivity index (χ4v) is 2.41. The molecule has 2 rings (SSSR count). The third-order valence-corrected chi connectivity index (χ3v) is 3.42. The zero-order valence-electron chi connectivity index (χ0n) is 12.2. The molecule has 1 heterocycles. The Morgan fingerprint density at radius 3 is 2.76 bits per heavy atom. The summed E-state index contributed by atoms with van der Waals surface area (Å²) in [7, 11) is 0. The van der Waals surface area contributed by atoms with Gasteiger partial charge < -0.3 is 10.0 Å². The highest BCUT2D eigenvalue weighted by Gasteiger charge is 2.14. The number of non-ortho nitro benzene ring substituents is 1. The van der Waals surface area contributed by atoms with E-state index in [0.29, 0.717) is 13.0 Å². The largest absolute Gasteiger partial charge is 0.396 e. The first-order valence-corrected chi connectivity index (χ1v) is 6.98. The van der Waals surface area contributed by atoms with Gasteiger partial charge in [-0.3, -0.25) is 15.1 Å². The second-order valence-electron chi connectivity index (χ2n) is 4.90. The minimum atomic E-state index is -0.396. The van der Waals surface area contributed by atoms with Crippen molar-refractivity contribution in [3.05, 3.63) is 40.1 Å². The van der Waals surface area contributed by atoms with Gasteiger partial charge in [-0.25, -0.2) is 0 Å². The number of hydrogen-bond donors (Lipinski definition) is 1. The van der Waals surface area contributed by atoms with Crippen LogP contribution in [0.3, 0.4) is 0 Å². The smallest absolute Gasteiger partial charge is 0.270 e. The Morgan fingerprint density at radius 1 is 1.38 bits per heavy atom. The average molecular weight is 289 g/mol. The van der Waals surface area contributed by atoms with Crippen molar-refractivity contribution < 1.29 is 10.0 Å². The molecule has 1 aromatic carbocycles. The normalized spacial score (nSPS) is 10.8. The Hall–Kier alpha value is -2.21. The van der Waals surface area contributed by atoms with Gasteiger partial charge in [-0.05, 0) is 32.4 Å². The van der Waals surface area contributed by atoms with Gasteiger partial charge in [0.05, 0.1) is 10.4 Å². The van der Waals surface area contributed by atoms with Crippen molar-refractivity contribution in [2.45, 2.75) is 20.3 Å². The zero-order valence-corrected chi connectivity index (χ0v) is 12.2. The average Bonchev–Trinajstić information content (AvgIpc) is 2.47. The van der Waals surface area contributed by atoms with Crippen LogP contribution in [0.2, 0.25) is 0 Å². The van der Waals surface area contributed by atoms with E-state index < -0.39 is 4.92 Å². The van der Waals surface area contributed by atoms with Crippen LogP contribution in [0, 0.1) is 17.0 Å². The number of nitro benzene ring substituents is 1. The van der Waals surface area contributed by atoms with Gasteiger partial charge >= 0.3 is 0 Å². The van der Waals surface area contributed by atoms with Crippen molar-refractivity contribution >= 4 is 22.3 Å². The lowest BCUT2D eigenvalue weighted by molar-refractivity contribution is -0.384. The summed E-state index contributed by atoms with van der Waals surface area (Å²) < 4.78 is 0. The minimum absolute atomic E-state index is 0.0626. The molecular weight excluding hydrogens is 270 g/mol. The maximum absolute atomic E-state index is 11.0. The maximum Gasteiger partial charge on any atom is 0.270 e. The number of rotatable bonds is 6. The molecule has 0 aliphatic heterocycles. The van der Waals surface area contributed by atoms with Crippen molar-refractivity contribution in [1.82, 2.24) is 4.98 Å². The van der Waals surface area contributed by atoms with Crippen molar-refractivity contribution in [2.75, 3.05) is 24.6 Å². The van der Waals surface area contributed by atoms with Crippen LogP contribution in [0.1, 0.15) is 19.0 Å². The molecule has 0 saturated carbocycles. The predicted molar refractivity (Wildman–Crippen MR) is 82.7 cm³/mol. The molecule has 0 saturated heterocycles. The predicted octanol–water partition coefficient (Wildman–Crippen LogP) is 2.66. The van der Waals surface area contributed by atoms with Crippen molar-refractivity contribution in [2.24, 2.45) is 0 Å². The molecule has 1 N–H and O–H groups in total. The lowest BCUT2D eigenvalue weighted by atomic mass is 10.1. The molecule has 6 heteroatoms. The van der Waals surface area contributed by atoms with E-state index in [1.807, 2.05) is 19.9 Å². The van der Waals surface area contributed by atoms with Gasteiger partial charge in [0.15, 0.2) is 0 Å². The van der Waals surface area contributed by atoms with Crippen LogP contribution in [-0.2, 0) is 0 Å². The molecule has 0 spiro atoms. The molecular formula is C15H19N3O3. The number of nitrogens with zero attached hydrogens (tertiary/aromatic N) is 3. The standard InChI is InChI=1S/C15H19N3O3/c1-3-17(7-4-8-19)15-9-11(2)16-14-6-5-12(18(20)21)10-13(14)15/h5-6,9-10,19H,3-4,7-8H2,1-2H3. The summed E-state index contributed by atoms with van der Waals surface area (Å²) in [5.41, 5.74) is 2.61. The second kappa shape index (κ2) is 6.49. The molecule has 0 radical (unpaired) electrons. The molecule has 2 aromatic rings. The lowest BCUT2D eigenvalue weighted by Crippen LogP contribution is -2.25. The zero-order chi connectivity index (χ0) is 15.4. The Labute approximate surface area is 123 Å². The molecule has 112 valence electrons. The van der Waals surface area contributed by atoms with E-state index in [2.05, 4.69) is 9.88 Å². The summed E-state index contributed by atoms with van der Waals surface area (Å²) in [5, 5.41) is 20.8. The third-order valence-electron chi connectivity index (χ3n) is 3.42. The van der Waals surface area contributed by atoms with Gasteiger partial charge in [0.25, 0.3) is 5.69 Å². The quantitative estimate of drug-likeness (QED) is 0.653. The van der Waals surface area contributed by atoms with Crippen LogP contribution < -0.4 is 4.90 Å². The van der Waals surface area contributed by atoms with Crippen LogP contribution in [-0.4, -0.2) is 34.7 Å². The SMILES string of the molecule is CCN(CCCO)c1cc(C)nc2ccc([N+](=O)[O-])cc12. The lowest BCUT2D eigenvalue weighted by Gasteiger charge is -2.24. The van der Waals surface area contributed by atoms with E-state index in [4.69, 9.17) is 5.11 Å². The fraction of sp³-hybridized carbons (Fsp3) is 0.400. The topological polar surface area (TPSA) is 79.5 Å². The highest BCUT2D eigenvalue weighted by atomic mass is 16.6. The fourth-order valence-electron chi connectivity index (χ4n) is 2.41. The van der Waals surface area contributed by atoms with E-state index in [9.17, 15) is 10.1 Å². The Kier molecular flexibility index (Phi) is 4.70. The second-order valence-corrected chi connectivity index (χ2v) is 4.90. The molecule has 1 aromatic heterocycles. The summed E-state index contributed by atoms with van der Waals surface area (Å²) >= 11 is 0. The number of aliphatic hydroxyl groups excluding tert-OH is 1. The number of anilines is 1. The molecule has 6 nitrogen and oxygen atoms in total. The van der Waals surface area contributed by atoms with Crippen molar-refractivity contribution in [3.63, 3.8) is 0 Å². The van der Waals surface area contributed by atoms with Crippen LogP contribution in [0.4, 0.5) is 11.4 Å². The third kappa shape index (κ3) is 3.28. The monoisotopic (exact) mass is 289 g/mol. The number of pyridine rings is 1. The highest BCUT2D eigenvalue weighted by molar-refractivity contribution is 5.93. The van der Waals surface area contributed by atoms with Gasteiger partial charge in [-0.1, -0.05) is 0 Å². The number of fused-ring (bicyclic) bond motifs is 1.